The molecule has 2 aliphatic rings. The molecule has 1 aliphatic heterocycles. The molecular weight excluding hydrogens is 535 g/mol. The number of thiophene rings is 1. The predicted molar refractivity (Wildman–Crippen MR) is 155 cm³/mol. The largest absolute Gasteiger partial charge is 0.487 e. The van der Waals surface area contributed by atoms with Gasteiger partial charge in [0.2, 0.25) is 0 Å². The van der Waals surface area contributed by atoms with E-state index in [1.54, 1.807) is 23.7 Å². The third-order valence-corrected chi connectivity index (χ3v) is 9.42. The third-order valence-electron chi connectivity index (χ3n) is 7.96. The minimum atomic E-state index is -0.290. The Kier molecular flexibility index (Phi) is 7.97. The molecule has 0 saturated carbocycles. The maximum absolute atomic E-state index is 13.5. The van der Waals surface area contributed by atoms with E-state index in [4.69, 9.17) is 16.3 Å². The molecule has 0 spiro atoms. The minimum Gasteiger partial charge on any atom is -0.487 e. The minimum absolute atomic E-state index is 0.235. The second-order valence-corrected chi connectivity index (χ2v) is 12.0. The van der Waals surface area contributed by atoms with E-state index in [0.717, 1.165) is 66.1 Å². The molecule has 6 rings (SSSR count). The van der Waals surface area contributed by atoms with Gasteiger partial charge in [-0.05, 0) is 99.0 Å². The van der Waals surface area contributed by atoms with E-state index in [2.05, 4.69) is 20.2 Å². The highest BCUT2D eigenvalue weighted by Gasteiger charge is 2.28. The Hall–Kier alpha value is -2.78. The summed E-state index contributed by atoms with van der Waals surface area (Å²) < 4.78 is 19.3. The number of hydrogen-bond donors (Lipinski definition) is 2. The highest BCUT2D eigenvalue weighted by Crippen LogP contribution is 2.41. The van der Waals surface area contributed by atoms with E-state index in [9.17, 15) is 9.50 Å². The molecule has 2 atom stereocenters. The summed E-state index contributed by atoms with van der Waals surface area (Å²) in [6, 6.07) is 12.2. The van der Waals surface area contributed by atoms with Crippen molar-refractivity contribution in [1.82, 2.24) is 14.9 Å². The van der Waals surface area contributed by atoms with Crippen molar-refractivity contribution >= 4 is 44.7 Å². The van der Waals surface area contributed by atoms with Crippen molar-refractivity contribution < 1.29 is 14.2 Å². The van der Waals surface area contributed by atoms with Gasteiger partial charge in [0.15, 0.2) is 0 Å². The van der Waals surface area contributed by atoms with Crippen LogP contribution in [0.3, 0.4) is 0 Å². The Morgan fingerprint density at radius 3 is 2.95 bits per heavy atom. The molecule has 0 radical (unpaired) electrons. The first-order valence-electron chi connectivity index (χ1n) is 13.6. The Morgan fingerprint density at radius 2 is 2.10 bits per heavy atom. The van der Waals surface area contributed by atoms with Crippen molar-refractivity contribution in [2.24, 2.45) is 5.92 Å². The van der Waals surface area contributed by atoms with Gasteiger partial charge in [-0.3, -0.25) is 4.90 Å². The second-order valence-electron chi connectivity index (χ2n) is 10.5. The molecule has 2 unspecified atom stereocenters. The Morgan fingerprint density at radius 1 is 1.18 bits per heavy atom. The molecule has 0 amide bonds. The fourth-order valence-corrected chi connectivity index (χ4v) is 7.42. The molecule has 6 nitrogen and oxygen atoms in total. The van der Waals surface area contributed by atoms with Crippen LogP contribution < -0.4 is 10.1 Å². The maximum atomic E-state index is 13.5. The lowest BCUT2D eigenvalue weighted by Gasteiger charge is -2.27. The van der Waals surface area contributed by atoms with Gasteiger partial charge in [0, 0.05) is 16.6 Å². The molecule has 39 heavy (non-hydrogen) atoms. The van der Waals surface area contributed by atoms with E-state index < -0.39 is 0 Å². The van der Waals surface area contributed by atoms with Crippen LogP contribution in [0.1, 0.15) is 41.7 Å². The summed E-state index contributed by atoms with van der Waals surface area (Å²) in [5.74, 6) is 1.71. The highest BCUT2D eigenvalue weighted by molar-refractivity contribution is 7.19. The Balaban J connectivity index is 1.14. The van der Waals surface area contributed by atoms with Crippen LogP contribution >= 0.6 is 22.9 Å². The summed E-state index contributed by atoms with van der Waals surface area (Å²) >= 11 is 8.31. The van der Waals surface area contributed by atoms with Crippen molar-refractivity contribution in [3.63, 3.8) is 0 Å². The van der Waals surface area contributed by atoms with E-state index in [-0.39, 0.29) is 19.0 Å². The standard InChI is InChI=1S/C30H32ClFN4O2S/c31-25-15-22(7-9-26(25)38-17-20-3-1-4-21(32)13-20)35-29-28-24-8-6-19(10-12-36-11-2-5-23(36)16-37)14-27(24)39-30(28)34-18-33-29/h1,3-4,7,9,13,15,18-19,23,37H,2,5-6,8,10-12,14,16-17H2,(H,33,34,35). The first kappa shape index (κ1) is 26.4. The molecule has 2 aromatic heterocycles. The fourth-order valence-electron chi connectivity index (χ4n) is 5.88. The summed E-state index contributed by atoms with van der Waals surface area (Å²) in [6.45, 7) is 2.70. The highest BCUT2D eigenvalue weighted by atomic mass is 35.5. The molecule has 0 bridgehead atoms. The first-order chi connectivity index (χ1) is 19.1. The zero-order chi connectivity index (χ0) is 26.8. The predicted octanol–water partition coefficient (Wildman–Crippen LogP) is 6.76. The number of halogens is 2. The zero-order valence-electron chi connectivity index (χ0n) is 21.7. The average molecular weight is 567 g/mol. The van der Waals surface area contributed by atoms with E-state index >= 15 is 0 Å². The van der Waals surface area contributed by atoms with Gasteiger partial charge in [-0.1, -0.05) is 23.7 Å². The van der Waals surface area contributed by atoms with Crippen LogP contribution in [0, 0.1) is 11.7 Å². The topological polar surface area (TPSA) is 70.5 Å². The normalized spacial score (nSPS) is 19.4. The number of hydrogen-bond acceptors (Lipinski definition) is 7. The Labute approximate surface area is 236 Å². The first-order valence-corrected chi connectivity index (χ1v) is 14.8. The lowest BCUT2D eigenvalue weighted by Crippen LogP contribution is -2.34. The number of fused-ring (bicyclic) bond motifs is 3. The van der Waals surface area contributed by atoms with Crippen molar-refractivity contribution in [1.29, 1.82) is 0 Å². The molecule has 1 fully saturated rings. The summed E-state index contributed by atoms with van der Waals surface area (Å²) in [5.41, 5.74) is 2.92. The lowest BCUT2D eigenvalue weighted by atomic mass is 9.85. The van der Waals surface area contributed by atoms with Crippen molar-refractivity contribution in [2.75, 3.05) is 25.0 Å². The monoisotopic (exact) mass is 566 g/mol. The number of ether oxygens (including phenoxy) is 1. The van der Waals surface area contributed by atoms with Gasteiger partial charge in [0.05, 0.1) is 17.0 Å². The molecule has 3 heterocycles. The molecule has 4 aromatic rings. The molecule has 204 valence electrons. The van der Waals surface area contributed by atoms with Crippen LogP contribution in [-0.2, 0) is 19.4 Å². The van der Waals surface area contributed by atoms with Crippen molar-refractivity contribution in [3.05, 3.63) is 75.6 Å². The van der Waals surface area contributed by atoms with E-state index in [1.165, 1.54) is 35.4 Å². The summed E-state index contributed by atoms with van der Waals surface area (Å²) in [5, 5.41) is 14.7. The zero-order valence-corrected chi connectivity index (χ0v) is 23.3. The van der Waals surface area contributed by atoms with Crippen LogP contribution in [-0.4, -0.2) is 45.7 Å². The molecule has 2 N–H and O–H groups in total. The lowest BCUT2D eigenvalue weighted by molar-refractivity contribution is 0.150. The molecule has 9 heteroatoms. The molecular formula is C30H32ClFN4O2S. The quantitative estimate of drug-likeness (QED) is 0.233. The van der Waals surface area contributed by atoms with Gasteiger partial charge in [-0.2, -0.15) is 0 Å². The number of aliphatic hydroxyl groups is 1. The average Bonchev–Trinajstić information content (AvgIpc) is 3.55. The fraction of sp³-hybridized carbons (Fsp3) is 0.400. The third kappa shape index (κ3) is 5.89. The van der Waals surface area contributed by atoms with Crippen LogP contribution in [0.5, 0.6) is 5.75 Å². The number of aliphatic hydroxyl groups excluding tert-OH is 1. The number of nitrogens with one attached hydrogen (secondary N) is 1. The van der Waals surface area contributed by atoms with Gasteiger partial charge in [-0.15, -0.1) is 11.3 Å². The molecule has 1 saturated heterocycles. The summed E-state index contributed by atoms with van der Waals surface area (Å²) in [4.78, 5) is 14.1. The van der Waals surface area contributed by atoms with Gasteiger partial charge in [0.1, 0.15) is 35.1 Å². The number of likely N-dealkylation sites (tertiary alicyclic amines) is 1. The number of aryl methyl sites for hydroxylation is 1. The van der Waals surface area contributed by atoms with Crippen LogP contribution in [0.2, 0.25) is 5.02 Å². The number of nitrogens with zero attached hydrogens (tertiary/aromatic N) is 3. The molecule has 2 aromatic carbocycles. The smallest absolute Gasteiger partial charge is 0.142 e. The summed E-state index contributed by atoms with van der Waals surface area (Å²) in [6.07, 6.45) is 8.37. The van der Waals surface area contributed by atoms with Gasteiger partial charge in [-0.25, -0.2) is 14.4 Å². The summed E-state index contributed by atoms with van der Waals surface area (Å²) in [7, 11) is 0. The van der Waals surface area contributed by atoms with Gasteiger partial charge in [0.25, 0.3) is 0 Å². The number of rotatable bonds is 9. The number of anilines is 2. The van der Waals surface area contributed by atoms with Crippen LogP contribution in [0.25, 0.3) is 10.2 Å². The van der Waals surface area contributed by atoms with E-state index in [0.29, 0.717) is 22.7 Å². The van der Waals surface area contributed by atoms with E-state index in [1.807, 2.05) is 24.3 Å². The number of aromatic nitrogens is 2. The van der Waals surface area contributed by atoms with Gasteiger partial charge >= 0.3 is 0 Å². The van der Waals surface area contributed by atoms with Gasteiger partial charge < -0.3 is 15.2 Å². The SMILES string of the molecule is OCC1CCCN1CCC1CCc2c(sc3ncnc(Nc4ccc(OCc5cccc(F)c5)c(Cl)c4)c23)C1. The molecule has 1 aliphatic carbocycles. The Bertz CT molecular complexity index is 1460. The van der Waals surface area contributed by atoms with Crippen LogP contribution in [0.15, 0.2) is 48.8 Å². The second kappa shape index (κ2) is 11.8. The van der Waals surface area contributed by atoms with Crippen LogP contribution in [0.4, 0.5) is 15.9 Å². The maximum Gasteiger partial charge on any atom is 0.142 e. The van der Waals surface area contributed by atoms with Crippen molar-refractivity contribution in [2.45, 2.75) is 51.2 Å². The number of benzene rings is 2. The van der Waals surface area contributed by atoms with Crippen molar-refractivity contribution in [3.8, 4) is 5.75 Å².